The second-order valence-corrected chi connectivity index (χ2v) is 7.40. The fraction of sp³-hybridized carbons (Fsp3) is 0.348. The van der Waals surface area contributed by atoms with Gasteiger partial charge in [-0.1, -0.05) is 18.2 Å². The van der Waals surface area contributed by atoms with Crippen molar-refractivity contribution in [2.75, 3.05) is 33.9 Å². The highest BCUT2D eigenvalue weighted by molar-refractivity contribution is 5.83. The first-order chi connectivity index (χ1) is 14.2. The van der Waals surface area contributed by atoms with Gasteiger partial charge in [0.25, 0.3) is 0 Å². The number of para-hydroxylation sites is 1. The van der Waals surface area contributed by atoms with Crippen LogP contribution in [-0.2, 0) is 24.2 Å². The number of hydrogen-bond donors (Lipinski definition) is 2. The maximum absolute atomic E-state index is 12.4. The molecule has 29 heavy (non-hydrogen) atoms. The van der Waals surface area contributed by atoms with Gasteiger partial charge < -0.3 is 19.8 Å². The number of nitrogens with zero attached hydrogens (tertiary/aromatic N) is 1. The molecule has 0 bridgehead atoms. The van der Waals surface area contributed by atoms with Crippen LogP contribution in [0.1, 0.15) is 16.7 Å². The van der Waals surface area contributed by atoms with Crippen molar-refractivity contribution in [1.82, 2.24) is 15.2 Å². The molecule has 0 saturated heterocycles. The van der Waals surface area contributed by atoms with Gasteiger partial charge in [-0.2, -0.15) is 0 Å². The Morgan fingerprint density at radius 1 is 1.14 bits per heavy atom. The fourth-order valence-electron chi connectivity index (χ4n) is 4.01. The molecule has 0 radical (unpaired) electrons. The zero-order valence-electron chi connectivity index (χ0n) is 17.0. The van der Waals surface area contributed by atoms with Gasteiger partial charge >= 0.3 is 0 Å². The molecule has 4 rings (SSSR count). The van der Waals surface area contributed by atoms with Crippen LogP contribution in [0.5, 0.6) is 11.5 Å². The number of carbonyl (C=O) groups is 1. The second-order valence-electron chi connectivity index (χ2n) is 7.40. The number of nitrogens with one attached hydrogen (secondary N) is 2. The lowest BCUT2D eigenvalue weighted by Gasteiger charge is -2.29. The molecule has 3 aromatic rings. The minimum absolute atomic E-state index is 0.0637. The van der Waals surface area contributed by atoms with Gasteiger partial charge in [-0.05, 0) is 47.7 Å². The van der Waals surface area contributed by atoms with E-state index in [0.717, 1.165) is 42.9 Å². The molecule has 0 atom stereocenters. The number of ether oxygens (including phenoxy) is 2. The van der Waals surface area contributed by atoms with E-state index in [4.69, 9.17) is 9.47 Å². The van der Waals surface area contributed by atoms with Crippen LogP contribution < -0.4 is 14.8 Å². The lowest BCUT2D eigenvalue weighted by atomic mass is 9.99. The van der Waals surface area contributed by atoms with E-state index in [0.29, 0.717) is 13.1 Å². The third-order valence-electron chi connectivity index (χ3n) is 5.56. The van der Waals surface area contributed by atoms with E-state index >= 15 is 0 Å². The highest BCUT2D eigenvalue weighted by atomic mass is 16.5. The zero-order chi connectivity index (χ0) is 20.2. The lowest BCUT2D eigenvalue weighted by Crippen LogP contribution is -2.40. The number of aromatic nitrogens is 1. The van der Waals surface area contributed by atoms with E-state index in [1.54, 1.807) is 14.2 Å². The normalized spacial score (nSPS) is 13.9. The number of benzene rings is 2. The van der Waals surface area contributed by atoms with Crippen molar-refractivity contribution in [3.05, 3.63) is 59.3 Å². The molecule has 1 aromatic heterocycles. The Morgan fingerprint density at radius 3 is 2.69 bits per heavy atom. The average molecular weight is 393 g/mol. The van der Waals surface area contributed by atoms with Crippen molar-refractivity contribution in [2.24, 2.45) is 0 Å². The van der Waals surface area contributed by atoms with E-state index in [1.165, 1.54) is 22.1 Å². The summed E-state index contributed by atoms with van der Waals surface area (Å²) in [6.45, 7) is 2.64. The molecular weight excluding hydrogens is 366 g/mol. The largest absolute Gasteiger partial charge is 0.493 e. The molecule has 2 heterocycles. The molecule has 0 aliphatic carbocycles. The number of methoxy groups -OCH3 is 2. The summed E-state index contributed by atoms with van der Waals surface area (Å²) in [5.74, 6) is 1.56. The maximum Gasteiger partial charge on any atom is 0.234 e. The van der Waals surface area contributed by atoms with Gasteiger partial charge in [0, 0.05) is 36.7 Å². The Labute approximate surface area is 170 Å². The third-order valence-corrected chi connectivity index (χ3v) is 5.56. The predicted octanol–water partition coefficient (Wildman–Crippen LogP) is 2.90. The number of carbonyl (C=O) groups excluding carboxylic acids is 1. The van der Waals surface area contributed by atoms with Crippen LogP contribution in [0, 0.1) is 0 Å². The molecule has 0 unspecified atom stereocenters. The lowest BCUT2D eigenvalue weighted by molar-refractivity contribution is -0.122. The summed E-state index contributed by atoms with van der Waals surface area (Å²) in [5, 5.41) is 4.28. The molecule has 2 aromatic carbocycles. The zero-order valence-corrected chi connectivity index (χ0v) is 17.0. The van der Waals surface area contributed by atoms with Crippen molar-refractivity contribution in [1.29, 1.82) is 0 Å². The topological polar surface area (TPSA) is 66.6 Å². The van der Waals surface area contributed by atoms with Crippen molar-refractivity contribution < 1.29 is 14.3 Å². The molecule has 6 nitrogen and oxygen atoms in total. The van der Waals surface area contributed by atoms with Crippen LogP contribution in [0.3, 0.4) is 0 Å². The quantitative estimate of drug-likeness (QED) is 0.648. The Kier molecular flexibility index (Phi) is 5.71. The van der Waals surface area contributed by atoms with E-state index in [9.17, 15) is 4.79 Å². The Morgan fingerprint density at radius 2 is 1.90 bits per heavy atom. The summed E-state index contributed by atoms with van der Waals surface area (Å²) in [5.41, 5.74) is 4.82. The average Bonchev–Trinajstić information content (AvgIpc) is 3.16. The van der Waals surface area contributed by atoms with Gasteiger partial charge in [0.05, 0.1) is 20.8 Å². The number of rotatable bonds is 7. The van der Waals surface area contributed by atoms with Gasteiger partial charge in [-0.15, -0.1) is 0 Å². The highest BCUT2D eigenvalue weighted by Gasteiger charge is 2.21. The van der Waals surface area contributed by atoms with Crippen LogP contribution in [-0.4, -0.2) is 49.6 Å². The Balaban J connectivity index is 1.30. The first-order valence-corrected chi connectivity index (χ1v) is 9.95. The summed E-state index contributed by atoms with van der Waals surface area (Å²) in [6.07, 6.45) is 3.74. The predicted molar refractivity (Wildman–Crippen MR) is 114 cm³/mol. The molecule has 1 aliphatic rings. The number of fused-ring (bicyclic) bond motifs is 2. The molecule has 0 spiro atoms. The molecule has 6 heteroatoms. The monoisotopic (exact) mass is 393 g/mol. The Bertz CT molecular complexity index is 1010. The van der Waals surface area contributed by atoms with E-state index in [1.807, 2.05) is 30.5 Å². The number of hydrogen-bond acceptors (Lipinski definition) is 4. The fourth-order valence-corrected chi connectivity index (χ4v) is 4.01. The van der Waals surface area contributed by atoms with Crippen molar-refractivity contribution in [2.45, 2.75) is 19.4 Å². The van der Waals surface area contributed by atoms with Crippen molar-refractivity contribution in [3.8, 4) is 11.5 Å². The van der Waals surface area contributed by atoms with Crippen LogP contribution in [0.15, 0.2) is 42.6 Å². The molecule has 0 saturated carbocycles. The maximum atomic E-state index is 12.4. The van der Waals surface area contributed by atoms with E-state index in [2.05, 4.69) is 27.3 Å². The highest BCUT2D eigenvalue weighted by Crippen LogP contribution is 2.33. The summed E-state index contributed by atoms with van der Waals surface area (Å²) in [4.78, 5) is 17.9. The number of amides is 1. The number of aromatic amines is 1. The van der Waals surface area contributed by atoms with Gasteiger partial charge in [-0.25, -0.2) is 0 Å². The summed E-state index contributed by atoms with van der Waals surface area (Å²) in [6, 6.07) is 12.3. The Hall–Kier alpha value is -2.99. The van der Waals surface area contributed by atoms with Crippen molar-refractivity contribution in [3.63, 3.8) is 0 Å². The van der Waals surface area contributed by atoms with Crippen LogP contribution in [0.4, 0.5) is 0 Å². The molecule has 1 amide bonds. The molecule has 0 fully saturated rings. The molecule has 2 N–H and O–H groups in total. The molecule has 152 valence electrons. The molecule has 1 aliphatic heterocycles. The minimum Gasteiger partial charge on any atom is -0.493 e. The van der Waals surface area contributed by atoms with Crippen molar-refractivity contribution >= 4 is 16.8 Å². The second kappa shape index (κ2) is 8.57. The van der Waals surface area contributed by atoms with Crippen LogP contribution in [0.2, 0.25) is 0 Å². The SMILES string of the molecule is COc1cc2c(cc1OC)CN(CC(=O)NCCc1c[nH]c3ccccc13)CC2. The number of H-pyrrole nitrogens is 1. The molecular formula is C23H27N3O3. The van der Waals surface area contributed by atoms with Gasteiger partial charge in [-0.3, -0.25) is 9.69 Å². The smallest absolute Gasteiger partial charge is 0.234 e. The summed E-state index contributed by atoms with van der Waals surface area (Å²) < 4.78 is 10.8. The summed E-state index contributed by atoms with van der Waals surface area (Å²) in [7, 11) is 3.30. The van der Waals surface area contributed by atoms with Gasteiger partial charge in [0.2, 0.25) is 5.91 Å². The van der Waals surface area contributed by atoms with Crippen LogP contribution in [0.25, 0.3) is 10.9 Å². The first-order valence-electron chi connectivity index (χ1n) is 9.95. The summed E-state index contributed by atoms with van der Waals surface area (Å²) >= 11 is 0. The first kappa shape index (κ1) is 19.3. The van der Waals surface area contributed by atoms with Gasteiger partial charge in [0.15, 0.2) is 11.5 Å². The van der Waals surface area contributed by atoms with E-state index in [-0.39, 0.29) is 5.91 Å². The van der Waals surface area contributed by atoms with Gasteiger partial charge in [0.1, 0.15) is 0 Å². The minimum atomic E-state index is 0.0637. The standard InChI is InChI=1S/C23H27N3O3/c1-28-21-11-16-8-10-26(14-18(16)12-22(21)29-2)15-23(27)24-9-7-17-13-25-20-6-4-3-5-19(17)20/h3-6,11-13,25H,7-10,14-15H2,1-2H3,(H,24,27). The van der Waals surface area contributed by atoms with Crippen LogP contribution >= 0.6 is 0 Å². The van der Waals surface area contributed by atoms with E-state index < -0.39 is 0 Å². The third kappa shape index (κ3) is 4.22.